The van der Waals surface area contributed by atoms with E-state index in [2.05, 4.69) is 41.5 Å². The lowest BCUT2D eigenvalue weighted by Gasteiger charge is -2.20. The van der Waals surface area contributed by atoms with E-state index in [1.54, 1.807) is 0 Å². The minimum Gasteiger partial charge on any atom is -0.326 e. The summed E-state index contributed by atoms with van der Waals surface area (Å²) in [6.45, 7) is 10.5. The molecule has 1 atom stereocenters. The molecule has 1 unspecified atom stereocenters. The highest BCUT2D eigenvalue weighted by molar-refractivity contribution is 5.88. The fraction of sp³-hybridized carbons (Fsp3) is 0.588. The van der Waals surface area contributed by atoms with E-state index in [4.69, 9.17) is 0 Å². The molecule has 1 amide bonds. The van der Waals surface area contributed by atoms with Crippen molar-refractivity contribution in [1.29, 1.82) is 0 Å². The van der Waals surface area contributed by atoms with Crippen LogP contribution < -0.4 is 10.6 Å². The Balaban J connectivity index is 1.70. The van der Waals surface area contributed by atoms with Gasteiger partial charge in [-0.1, -0.05) is 12.1 Å². The van der Waals surface area contributed by atoms with Gasteiger partial charge in [0.1, 0.15) is 0 Å². The number of likely N-dealkylation sites (tertiary alicyclic amines) is 1. The zero-order valence-corrected chi connectivity index (χ0v) is 13.4. The summed E-state index contributed by atoms with van der Waals surface area (Å²) in [4.78, 5) is 13.5. The average molecular weight is 289 g/mol. The third kappa shape index (κ3) is 5.14. The van der Waals surface area contributed by atoms with Crippen LogP contribution in [-0.4, -0.2) is 36.5 Å². The van der Waals surface area contributed by atoms with Gasteiger partial charge in [-0.25, -0.2) is 0 Å². The number of rotatable bonds is 6. The Morgan fingerprint density at radius 2 is 2.05 bits per heavy atom. The minimum absolute atomic E-state index is 0.0307. The topological polar surface area (TPSA) is 44.4 Å². The molecule has 0 aromatic heterocycles. The smallest absolute Gasteiger partial charge is 0.221 e. The van der Waals surface area contributed by atoms with Crippen molar-refractivity contribution in [3.8, 4) is 0 Å². The normalized spacial score (nSPS) is 19.1. The first-order chi connectivity index (χ1) is 10.0. The third-order valence-corrected chi connectivity index (χ3v) is 4.08. The Morgan fingerprint density at radius 1 is 1.33 bits per heavy atom. The third-order valence-electron chi connectivity index (χ3n) is 4.08. The maximum Gasteiger partial charge on any atom is 0.221 e. The van der Waals surface area contributed by atoms with Gasteiger partial charge in [0.25, 0.3) is 0 Å². The SMILES string of the molecule is CC(=O)Nc1ccc(CNCC2CCN(C(C)C)C2)cc1. The van der Waals surface area contributed by atoms with Crippen LogP contribution >= 0.6 is 0 Å². The van der Waals surface area contributed by atoms with Gasteiger partial charge in [-0.05, 0) is 57.0 Å². The second-order valence-electron chi connectivity index (χ2n) is 6.25. The van der Waals surface area contributed by atoms with Crippen molar-refractivity contribution >= 4 is 11.6 Å². The number of anilines is 1. The number of nitrogens with one attached hydrogen (secondary N) is 2. The molecule has 2 rings (SSSR count). The summed E-state index contributed by atoms with van der Waals surface area (Å²) >= 11 is 0. The number of carbonyl (C=O) groups is 1. The molecule has 1 heterocycles. The molecule has 1 aliphatic rings. The van der Waals surface area contributed by atoms with Crippen LogP contribution in [-0.2, 0) is 11.3 Å². The molecule has 1 saturated heterocycles. The van der Waals surface area contributed by atoms with Crippen LogP contribution in [0.5, 0.6) is 0 Å². The van der Waals surface area contributed by atoms with Crippen LogP contribution in [0.25, 0.3) is 0 Å². The van der Waals surface area contributed by atoms with Crippen LogP contribution in [0.1, 0.15) is 32.8 Å². The van der Waals surface area contributed by atoms with E-state index in [0.717, 1.165) is 24.7 Å². The number of benzene rings is 1. The predicted molar refractivity (Wildman–Crippen MR) is 87.3 cm³/mol. The maximum absolute atomic E-state index is 11.0. The molecule has 0 aliphatic carbocycles. The standard InChI is InChI=1S/C17H27N3O/c1-13(2)20-9-8-16(12-20)11-18-10-15-4-6-17(7-5-15)19-14(3)21/h4-7,13,16,18H,8-12H2,1-3H3,(H,19,21). The Kier molecular flexibility index (Phi) is 5.76. The van der Waals surface area contributed by atoms with Crippen molar-refractivity contribution in [2.75, 3.05) is 25.0 Å². The first kappa shape index (κ1) is 16.0. The second-order valence-corrected chi connectivity index (χ2v) is 6.25. The van der Waals surface area contributed by atoms with Crippen molar-refractivity contribution in [2.45, 2.75) is 39.8 Å². The summed E-state index contributed by atoms with van der Waals surface area (Å²) in [6, 6.07) is 8.69. The summed E-state index contributed by atoms with van der Waals surface area (Å²) in [7, 11) is 0. The van der Waals surface area contributed by atoms with E-state index in [1.807, 2.05) is 12.1 Å². The molecule has 0 bridgehead atoms. The van der Waals surface area contributed by atoms with Crippen molar-refractivity contribution in [3.05, 3.63) is 29.8 Å². The molecule has 116 valence electrons. The van der Waals surface area contributed by atoms with E-state index in [1.165, 1.54) is 32.0 Å². The highest BCUT2D eigenvalue weighted by atomic mass is 16.1. The molecule has 4 nitrogen and oxygen atoms in total. The summed E-state index contributed by atoms with van der Waals surface area (Å²) in [5.41, 5.74) is 2.11. The number of nitrogens with zero attached hydrogens (tertiary/aromatic N) is 1. The molecule has 0 spiro atoms. The fourth-order valence-corrected chi connectivity index (χ4v) is 2.83. The van der Waals surface area contributed by atoms with Gasteiger partial charge in [0.05, 0.1) is 0 Å². The van der Waals surface area contributed by atoms with E-state index >= 15 is 0 Å². The molecule has 1 aromatic rings. The molecular weight excluding hydrogens is 262 g/mol. The number of amides is 1. The van der Waals surface area contributed by atoms with Gasteiger partial charge in [-0.3, -0.25) is 4.79 Å². The summed E-state index contributed by atoms with van der Waals surface area (Å²) in [5.74, 6) is 0.739. The first-order valence-corrected chi connectivity index (χ1v) is 7.86. The highest BCUT2D eigenvalue weighted by Gasteiger charge is 2.23. The Hall–Kier alpha value is -1.39. The zero-order valence-electron chi connectivity index (χ0n) is 13.4. The molecular formula is C17H27N3O. The monoisotopic (exact) mass is 289 g/mol. The van der Waals surface area contributed by atoms with Crippen LogP contribution in [0, 0.1) is 5.92 Å². The highest BCUT2D eigenvalue weighted by Crippen LogP contribution is 2.17. The molecule has 4 heteroatoms. The average Bonchev–Trinajstić information content (AvgIpc) is 2.89. The molecule has 21 heavy (non-hydrogen) atoms. The van der Waals surface area contributed by atoms with E-state index in [0.29, 0.717) is 6.04 Å². The van der Waals surface area contributed by atoms with Crippen LogP contribution in [0.4, 0.5) is 5.69 Å². The van der Waals surface area contributed by atoms with E-state index in [9.17, 15) is 4.79 Å². The van der Waals surface area contributed by atoms with Crippen LogP contribution in [0.3, 0.4) is 0 Å². The largest absolute Gasteiger partial charge is 0.326 e. The fourth-order valence-electron chi connectivity index (χ4n) is 2.83. The number of hydrogen-bond donors (Lipinski definition) is 2. The summed E-state index contributed by atoms with van der Waals surface area (Å²) in [6.07, 6.45) is 1.30. The molecule has 1 fully saturated rings. The Labute approximate surface area is 127 Å². The zero-order chi connectivity index (χ0) is 15.2. The maximum atomic E-state index is 11.0. The van der Waals surface area contributed by atoms with Gasteiger partial charge >= 0.3 is 0 Å². The van der Waals surface area contributed by atoms with Crippen LogP contribution in [0.15, 0.2) is 24.3 Å². The van der Waals surface area contributed by atoms with E-state index in [-0.39, 0.29) is 5.91 Å². The Bertz CT molecular complexity index is 456. The van der Waals surface area contributed by atoms with Crippen LogP contribution in [0.2, 0.25) is 0 Å². The predicted octanol–water partition coefficient (Wildman–Crippen LogP) is 2.46. The minimum atomic E-state index is -0.0307. The van der Waals surface area contributed by atoms with E-state index < -0.39 is 0 Å². The van der Waals surface area contributed by atoms with Crippen molar-refractivity contribution in [3.63, 3.8) is 0 Å². The lowest BCUT2D eigenvalue weighted by Crippen LogP contribution is -2.30. The molecule has 2 N–H and O–H groups in total. The van der Waals surface area contributed by atoms with Gasteiger partial charge in [0.15, 0.2) is 0 Å². The molecule has 0 saturated carbocycles. The quantitative estimate of drug-likeness (QED) is 0.845. The second kappa shape index (κ2) is 7.57. The van der Waals surface area contributed by atoms with Crippen molar-refractivity contribution < 1.29 is 4.79 Å². The van der Waals surface area contributed by atoms with Gasteiger partial charge in [-0.2, -0.15) is 0 Å². The van der Waals surface area contributed by atoms with Crippen molar-refractivity contribution in [1.82, 2.24) is 10.2 Å². The molecule has 1 aromatic carbocycles. The van der Waals surface area contributed by atoms with Gasteiger partial charge in [0.2, 0.25) is 5.91 Å². The van der Waals surface area contributed by atoms with Gasteiger partial charge < -0.3 is 15.5 Å². The van der Waals surface area contributed by atoms with Gasteiger partial charge in [0, 0.05) is 31.7 Å². The molecule has 0 radical (unpaired) electrons. The summed E-state index contributed by atoms with van der Waals surface area (Å²) in [5, 5.41) is 6.33. The van der Waals surface area contributed by atoms with Crippen molar-refractivity contribution in [2.24, 2.45) is 5.92 Å². The molecule has 1 aliphatic heterocycles. The summed E-state index contributed by atoms with van der Waals surface area (Å²) < 4.78 is 0. The lowest BCUT2D eigenvalue weighted by atomic mass is 10.1. The number of hydrogen-bond acceptors (Lipinski definition) is 3. The van der Waals surface area contributed by atoms with Gasteiger partial charge in [-0.15, -0.1) is 0 Å². The number of carbonyl (C=O) groups excluding carboxylic acids is 1. The lowest BCUT2D eigenvalue weighted by molar-refractivity contribution is -0.114. The first-order valence-electron chi connectivity index (χ1n) is 7.86. The Morgan fingerprint density at radius 3 is 2.62 bits per heavy atom.